The zero-order valence-corrected chi connectivity index (χ0v) is 17.3. The summed E-state index contributed by atoms with van der Waals surface area (Å²) in [7, 11) is 0. The van der Waals surface area contributed by atoms with Crippen LogP contribution in [0.1, 0.15) is 54.8 Å². The molecule has 2 fully saturated rings. The molecule has 5 heteroatoms. The second-order valence-electron chi connectivity index (χ2n) is 8.40. The number of hydrogen-bond donors (Lipinski definition) is 1. The minimum atomic E-state index is -0.271. The molecule has 2 aromatic rings. The number of rotatable bonds is 6. The lowest BCUT2D eigenvalue weighted by molar-refractivity contribution is -0.140. The number of fused-ring (bicyclic) bond motifs is 1. The Morgan fingerprint density at radius 2 is 1.50 bits per heavy atom. The van der Waals surface area contributed by atoms with Gasteiger partial charge in [0.15, 0.2) is 0 Å². The number of likely N-dealkylation sites (tertiary alicyclic amines) is 1. The molecule has 1 saturated carbocycles. The van der Waals surface area contributed by atoms with Gasteiger partial charge in [-0.25, -0.2) is 0 Å². The Kier molecular flexibility index (Phi) is 5.98. The molecule has 2 aliphatic rings. The van der Waals surface area contributed by atoms with Gasteiger partial charge in [-0.3, -0.25) is 19.3 Å². The van der Waals surface area contributed by atoms with Crippen LogP contribution in [0.3, 0.4) is 0 Å². The molecule has 3 amide bonds. The first-order chi connectivity index (χ1) is 14.5. The Bertz CT molecular complexity index is 899. The van der Waals surface area contributed by atoms with Crippen molar-refractivity contribution in [3.8, 4) is 0 Å². The summed E-state index contributed by atoms with van der Waals surface area (Å²) in [5.41, 5.74) is 3.15. The topological polar surface area (TPSA) is 66.5 Å². The normalized spacial score (nSPS) is 22.0. The lowest BCUT2D eigenvalue weighted by Crippen LogP contribution is -2.36. The van der Waals surface area contributed by atoms with Gasteiger partial charge in [-0.1, -0.05) is 73.0 Å². The predicted molar refractivity (Wildman–Crippen MR) is 114 cm³/mol. The number of nitrogens with one attached hydrogen (secondary N) is 1. The fraction of sp³-hybridized carbons (Fsp3) is 0.400. The maximum absolute atomic E-state index is 12.8. The maximum atomic E-state index is 12.8. The average molecular weight is 405 g/mol. The molecule has 1 aliphatic heterocycles. The van der Waals surface area contributed by atoms with E-state index in [0.717, 1.165) is 42.4 Å². The quantitative estimate of drug-likeness (QED) is 0.746. The standard InChI is InChI=1S/C25H28N2O3/c1-17-11-13-19(14-12-17)23(18-7-3-2-4-8-18)26-22(28)15-16-27-24(29)20-9-5-6-10-21(20)25(27)30/h2-4,7-8,11-14,20-21,23H,5-6,9-10,15-16H2,1H3,(H,26,28)/t20-,21+,23-/m0/s1. The van der Waals surface area contributed by atoms with E-state index >= 15 is 0 Å². The van der Waals surface area contributed by atoms with E-state index in [-0.39, 0.29) is 48.6 Å². The molecule has 156 valence electrons. The van der Waals surface area contributed by atoms with Crippen molar-refractivity contribution in [1.29, 1.82) is 0 Å². The zero-order chi connectivity index (χ0) is 21.1. The van der Waals surface area contributed by atoms with Crippen molar-refractivity contribution >= 4 is 17.7 Å². The second-order valence-corrected chi connectivity index (χ2v) is 8.40. The molecule has 1 aliphatic carbocycles. The van der Waals surface area contributed by atoms with Crippen molar-refractivity contribution in [3.05, 3.63) is 71.3 Å². The molecule has 0 spiro atoms. The molecule has 3 atom stereocenters. The second kappa shape index (κ2) is 8.82. The van der Waals surface area contributed by atoms with Crippen LogP contribution in [-0.4, -0.2) is 29.2 Å². The van der Waals surface area contributed by atoms with Crippen LogP contribution in [-0.2, 0) is 14.4 Å². The van der Waals surface area contributed by atoms with E-state index in [1.165, 1.54) is 4.90 Å². The van der Waals surface area contributed by atoms with Crippen molar-refractivity contribution in [1.82, 2.24) is 10.2 Å². The van der Waals surface area contributed by atoms with E-state index in [1.807, 2.05) is 61.5 Å². The third-order valence-electron chi connectivity index (χ3n) is 6.34. The number of benzene rings is 2. The van der Waals surface area contributed by atoms with Gasteiger partial charge in [0.05, 0.1) is 17.9 Å². The van der Waals surface area contributed by atoms with Crippen molar-refractivity contribution in [2.45, 2.75) is 45.1 Å². The van der Waals surface area contributed by atoms with E-state index in [9.17, 15) is 14.4 Å². The number of carbonyl (C=O) groups is 3. The van der Waals surface area contributed by atoms with Crippen LogP contribution in [0, 0.1) is 18.8 Å². The highest BCUT2D eigenvalue weighted by Crippen LogP contribution is 2.38. The van der Waals surface area contributed by atoms with E-state index in [1.54, 1.807) is 0 Å². The lowest BCUT2D eigenvalue weighted by Gasteiger charge is -2.21. The Labute approximate surface area is 177 Å². The van der Waals surface area contributed by atoms with Crippen molar-refractivity contribution in [2.24, 2.45) is 11.8 Å². The van der Waals surface area contributed by atoms with E-state index in [0.29, 0.717) is 0 Å². The summed E-state index contributed by atoms with van der Waals surface area (Å²) in [5, 5.41) is 3.10. The lowest BCUT2D eigenvalue weighted by atomic mass is 9.81. The molecule has 1 N–H and O–H groups in total. The maximum Gasteiger partial charge on any atom is 0.233 e. The van der Waals surface area contributed by atoms with Crippen LogP contribution in [0.25, 0.3) is 0 Å². The van der Waals surface area contributed by atoms with E-state index in [2.05, 4.69) is 5.32 Å². The van der Waals surface area contributed by atoms with E-state index in [4.69, 9.17) is 0 Å². The molecule has 0 bridgehead atoms. The van der Waals surface area contributed by atoms with Gasteiger partial charge in [0.1, 0.15) is 0 Å². The van der Waals surface area contributed by atoms with Crippen LogP contribution in [0.5, 0.6) is 0 Å². The minimum absolute atomic E-state index is 0.0874. The molecule has 0 radical (unpaired) electrons. The molecule has 1 heterocycles. The molecule has 0 aromatic heterocycles. The van der Waals surface area contributed by atoms with Gasteiger partial charge in [0.2, 0.25) is 17.7 Å². The smallest absolute Gasteiger partial charge is 0.233 e. The van der Waals surface area contributed by atoms with Crippen LogP contribution in [0.15, 0.2) is 54.6 Å². The number of carbonyl (C=O) groups excluding carboxylic acids is 3. The summed E-state index contributed by atoms with van der Waals surface area (Å²) in [6, 6.07) is 17.6. The van der Waals surface area contributed by atoms with Crippen LogP contribution in [0.2, 0.25) is 0 Å². The van der Waals surface area contributed by atoms with Gasteiger partial charge in [-0.05, 0) is 30.9 Å². The van der Waals surface area contributed by atoms with Gasteiger partial charge in [-0.2, -0.15) is 0 Å². The van der Waals surface area contributed by atoms with Crippen LogP contribution < -0.4 is 5.32 Å². The SMILES string of the molecule is Cc1ccc([C@@H](NC(=O)CCN2C(=O)[C@H]3CCCC[C@H]3C2=O)c2ccccc2)cc1. The van der Waals surface area contributed by atoms with Crippen LogP contribution >= 0.6 is 0 Å². The molecular formula is C25H28N2O3. The number of aryl methyl sites for hydroxylation is 1. The monoisotopic (exact) mass is 404 g/mol. The van der Waals surface area contributed by atoms with Crippen molar-refractivity contribution in [2.75, 3.05) is 6.54 Å². The Morgan fingerprint density at radius 3 is 2.10 bits per heavy atom. The summed E-state index contributed by atoms with van der Waals surface area (Å²) in [6.45, 7) is 2.19. The highest BCUT2D eigenvalue weighted by molar-refractivity contribution is 6.05. The largest absolute Gasteiger partial charge is 0.345 e. The summed E-state index contributed by atoms with van der Waals surface area (Å²) in [6.07, 6.45) is 3.71. The third-order valence-corrected chi connectivity index (χ3v) is 6.34. The molecular weight excluding hydrogens is 376 g/mol. The molecule has 30 heavy (non-hydrogen) atoms. The zero-order valence-electron chi connectivity index (χ0n) is 17.3. The molecule has 1 saturated heterocycles. The summed E-state index contributed by atoms with van der Waals surface area (Å²) < 4.78 is 0. The first-order valence-electron chi connectivity index (χ1n) is 10.8. The molecule has 2 aromatic carbocycles. The fourth-order valence-corrected chi connectivity index (χ4v) is 4.66. The first kappa shape index (κ1) is 20.3. The summed E-state index contributed by atoms with van der Waals surface area (Å²) in [5.74, 6) is -0.677. The van der Waals surface area contributed by atoms with Crippen LogP contribution in [0.4, 0.5) is 0 Å². The van der Waals surface area contributed by atoms with Gasteiger partial charge in [0.25, 0.3) is 0 Å². The predicted octanol–water partition coefficient (Wildman–Crippen LogP) is 3.77. The van der Waals surface area contributed by atoms with E-state index < -0.39 is 0 Å². The van der Waals surface area contributed by atoms with Gasteiger partial charge in [0, 0.05) is 13.0 Å². The Balaban J connectivity index is 1.44. The van der Waals surface area contributed by atoms with Gasteiger partial charge >= 0.3 is 0 Å². The number of amides is 3. The Hall–Kier alpha value is -2.95. The number of imide groups is 1. The highest BCUT2D eigenvalue weighted by atomic mass is 16.2. The molecule has 4 rings (SSSR count). The average Bonchev–Trinajstić information content (AvgIpc) is 3.02. The first-order valence-corrected chi connectivity index (χ1v) is 10.8. The molecule has 5 nitrogen and oxygen atoms in total. The Morgan fingerprint density at radius 1 is 0.933 bits per heavy atom. The highest BCUT2D eigenvalue weighted by Gasteiger charge is 2.47. The van der Waals surface area contributed by atoms with Gasteiger partial charge < -0.3 is 5.32 Å². The third kappa shape index (κ3) is 4.16. The molecule has 0 unspecified atom stereocenters. The van der Waals surface area contributed by atoms with Crippen molar-refractivity contribution < 1.29 is 14.4 Å². The van der Waals surface area contributed by atoms with Gasteiger partial charge in [-0.15, -0.1) is 0 Å². The number of hydrogen-bond acceptors (Lipinski definition) is 3. The summed E-state index contributed by atoms with van der Waals surface area (Å²) in [4.78, 5) is 39.4. The fourth-order valence-electron chi connectivity index (χ4n) is 4.66. The summed E-state index contributed by atoms with van der Waals surface area (Å²) >= 11 is 0. The minimum Gasteiger partial charge on any atom is -0.345 e. The van der Waals surface area contributed by atoms with Crippen molar-refractivity contribution in [3.63, 3.8) is 0 Å². The number of nitrogens with zero attached hydrogens (tertiary/aromatic N) is 1.